The molecule has 2 unspecified atom stereocenters. The van der Waals surface area contributed by atoms with Crippen LogP contribution < -0.4 is 5.32 Å². The van der Waals surface area contributed by atoms with Gasteiger partial charge in [0.25, 0.3) is 0 Å². The van der Waals surface area contributed by atoms with Crippen molar-refractivity contribution in [3.63, 3.8) is 0 Å². The molecular weight excluding hydrogens is 318 g/mol. The topological polar surface area (TPSA) is 49.3 Å². The monoisotopic (exact) mass is 337 g/mol. The van der Waals surface area contributed by atoms with Crippen molar-refractivity contribution in [2.45, 2.75) is 26.4 Å². The van der Waals surface area contributed by atoms with E-state index in [9.17, 15) is 9.90 Å². The minimum Gasteiger partial charge on any atom is -0.386 e. The van der Waals surface area contributed by atoms with Crippen molar-refractivity contribution in [1.29, 1.82) is 0 Å². The van der Waals surface area contributed by atoms with Crippen molar-refractivity contribution < 1.29 is 9.90 Å². The van der Waals surface area contributed by atoms with Crippen LogP contribution in [0.15, 0.2) is 36.4 Å². The SMILES string of the molecule is Cc1ccc(CC(C)C(=O)NCC(O)c2ccc(Cl)s2)cc1. The van der Waals surface area contributed by atoms with Gasteiger partial charge in [-0.25, -0.2) is 0 Å². The van der Waals surface area contributed by atoms with Crippen LogP contribution >= 0.6 is 22.9 Å². The Morgan fingerprint density at radius 3 is 2.55 bits per heavy atom. The van der Waals surface area contributed by atoms with Gasteiger partial charge in [0.1, 0.15) is 6.10 Å². The van der Waals surface area contributed by atoms with Gasteiger partial charge < -0.3 is 10.4 Å². The quantitative estimate of drug-likeness (QED) is 0.843. The molecule has 0 aliphatic heterocycles. The highest BCUT2D eigenvalue weighted by Gasteiger charge is 2.16. The molecule has 2 atom stereocenters. The molecule has 1 amide bonds. The Labute approximate surface area is 139 Å². The third-order valence-corrected chi connectivity index (χ3v) is 4.83. The van der Waals surface area contributed by atoms with E-state index in [2.05, 4.69) is 5.32 Å². The van der Waals surface area contributed by atoms with E-state index in [1.807, 2.05) is 38.1 Å². The van der Waals surface area contributed by atoms with Gasteiger partial charge in [-0.1, -0.05) is 48.4 Å². The highest BCUT2D eigenvalue weighted by Crippen LogP contribution is 2.26. The van der Waals surface area contributed by atoms with E-state index in [0.717, 1.165) is 10.4 Å². The van der Waals surface area contributed by atoms with Gasteiger partial charge in [-0.05, 0) is 31.0 Å². The van der Waals surface area contributed by atoms with Crippen LogP contribution in [0, 0.1) is 12.8 Å². The number of rotatable bonds is 6. The summed E-state index contributed by atoms with van der Waals surface area (Å²) in [5.74, 6) is -0.191. The number of carbonyl (C=O) groups is 1. The Balaban J connectivity index is 1.82. The highest BCUT2D eigenvalue weighted by molar-refractivity contribution is 7.16. The van der Waals surface area contributed by atoms with Crippen molar-refractivity contribution in [1.82, 2.24) is 5.32 Å². The molecule has 5 heteroatoms. The number of thiophene rings is 1. The molecule has 1 aromatic carbocycles. The summed E-state index contributed by atoms with van der Waals surface area (Å²) in [4.78, 5) is 12.9. The Kier molecular flexibility index (Phi) is 6.00. The summed E-state index contributed by atoms with van der Waals surface area (Å²) in [7, 11) is 0. The van der Waals surface area contributed by atoms with Gasteiger partial charge in [0, 0.05) is 17.3 Å². The number of aliphatic hydroxyl groups is 1. The van der Waals surface area contributed by atoms with Crippen LogP contribution in [-0.2, 0) is 11.2 Å². The Morgan fingerprint density at radius 1 is 1.27 bits per heavy atom. The zero-order chi connectivity index (χ0) is 16.1. The van der Waals surface area contributed by atoms with Crippen molar-refractivity contribution in [3.8, 4) is 0 Å². The lowest BCUT2D eigenvalue weighted by Gasteiger charge is -2.14. The van der Waals surface area contributed by atoms with Crippen molar-refractivity contribution in [2.24, 2.45) is 5.92 Å². The van der Waals surface area contributed by atoms with Crippen molar-refractivity contribution in [3.05, 3.63) is 56.7 Å². The molecular formula is C17H20ClNO2S. The molecule has 0 fully saturated rings. The first-order valence-corrected chi connectivity index (χ1v) is 8.41. The number of benzene rings is 1. The minimum atomic E-state index is -0.715. The number of hydrogen-bond donors (Lipinski definition) is 2. The van der Waals surface area contributed by atoms with E-state index in [-0.39, 0.29) is 18.4 Å². The van der Waals surface area contributed by atoms with Crippen LogP contribution in [0.4, 0.5) is 0 Å². The maximum atomic E-state index is 12.1. The fourth-order valence-corrected chi connectivity index (χ4v) is 3.20. The summed E-state index contributed by atoms with van der Waals surface area (Å²) in [5.41, 5.74) is 2.34. The number of aliphatic hydroxyl groups excluding tert-OH is 1. The van der Waals surface area contributed by atoms with Gasteiger partial charge in [-0.15, -0.1) is 11.3 Å². The van der Waals surface area contributed by atoms with E-state index < -0.39 is 6.10 Å². The molecule has 22 heavy (non-hydrogen) atoms. The maximum absolute atomic E-state index is 12.1. The number of carbonyl (C=O) groups excluding carboxylic acids is 1. The smallest absolute Gasteiger partial charge is 0.223 e. The van der Waals surface area contributed by atoms with Gasteiger partial charge in [-0.3, -0.25) is 4.79 Å². The number of halogens is 1. The van der Waals surface area contributed by atoms with Crippen molar-refractivity contribution >= 4 is 28.8 Å². The summed E-state index contributed by atoms with van der Waals surface area (Å²) in [6.45, 7) is 4.13. The van der Waals surface area contributed by atoms with E-state index in [4.69, 9.17) is 11.6 Å². The van der Waals surface area contributed by atoms with Crippen LogP contribution in [0.5, 0.6) is 0 Å². The molecule has 118 valence electrons. The predicted octanol–water partition coefficient (Wildman–Crippen LogP) is 3.74. The second-order valence-electron chi connectivity index (χ2n) is 5.49. The third kappa shape index (κ3) is 4.83. The molecule has 0 spiro atoms. The molecule has 1 aromatic heterocycles. The molecule has 0 saturated carbocycles. The molecule has 0 bridgehead atoms. The molecule has 2 N–H and O–H groups in total. The molecule has 1 heterocycles. The lowest BCUT2D eigenvalue weighted by molar-refractivity contribution is -0.124. The Hall–Kier alpha value is -1.36. The zero-order valence-corrected chi connectivity index (χ0v) is 14.2. The van der Waals surface area contributed by atoms with Gasteiger partial charge in [0.05, 0.1) is 4.34 Å². The standard InChI is InChI=1S/C17H20ClNO2S/c1-11-3-5-13(6-4-11)9-12(2)17(21)19-10-14(20)15-7-8-16(18)22-15/h3-8,12,14,20H,9-10H2,1-2H3,(H,19,21). The zero-order valence-electron chi connectivity index (χ0n) is 12.7. The summed E-state index contributed by atoms with van der Waals surface area (Å²) < 4.78 is 0.633. The molecule has 2 rings (SSSR count). The van der Waals surface area contributed by atoms with Crippen LogP contribution in [-0.4, -0.2) is 17.6 Å². The molecule has 0 aliphatic carbocycles. The normalized spacial score (nSPS) is 13.6. The summed E-state index contributed by atoms with van der Waals surface area (Å²) in [6, 6.07) is 11.7. The van der Waals surface area contributed by atoms with E-state index in [1.165, 1.54) is 16.9 Å². The minimum absolute atomic E-state index is 0.0534. The second-order valence-corrected chi connectivity index (χ2v) is 7.24. The highest BCUT2D eigenvalue weighted by atomic mass is 35.5. The summed E-state index contributed by atoms with van der Waals surface area (Å²) >= 11 is 7.16. The average molecular weight is 338 g/mol. The van der Waals surface area contributed by atoms with Gasteiger partial charge in [0.15, 0.2) is 0 Å². The first kappa shape index (κ1) is 17.0. The number of amides is 1. The Morgan fingerprint density at radius 2 is 1.95 bits per heavy atom. The number of nitrogens with one attached hydrogen (secondary N) is 1. The lowest BCUT2D eigenvalue weighted by atomic mass is 9.99. The predicted molar refractivity (Wildman–Crippen MR) is 91.3 cm³/mol. The van der Waals surface area contributed by atoms with Gasteiger partial charge in [-0.2, -0.15) is 0 Å². The average Bonchev–Trinajstić information content (AvgIpc) is 2.93. The first-order valence-electron chi connectivity index (χ1n) is 7.22. The molecule has 3 nitrogen and oxygen atoms in total. The van der Waals surface area contributed by atoms with Gasteiger partial charge in [0.2, 0.25) is 5.91 Å². The Bertz CT molecular complexity index is 624. The van der Waals surface area contributed by atoms with Crippen LogP contribution in [0.2, 0.25) is 4.34 Å². The molecule has 2 aromatic rings. The largest absolute Gasteiger partial charge is 0.386 e. The fourth-order valence-electron chi connectivity index (χ4n) is 2.15. The van der Waals surface area contributed by atoms with Gasteiger partial charge >= 0.3 is 0 Å². The van der Waals surface area contributed by atoms with E-state index in [0.29, 0.717) is 10.8 Å². The van der Waals surface area contributed by atoms with Crippen molar-refractivity contribution in [2.75, 3.05) is 6.54 Å². The molecule has 0 radical (unpaired) electrons. The number of aryl methyl sites for hydroxylation is 1. The number of hydrogen-bond acceptors (Lipinski definition) is 3. The molecule has 0 saturated heterocycles. The maximum Gasteiger partial charge on any atom is 0.223 e. The fraction of sp³-hybridized carbons (Fsp3) is 0.353. The third-order valence-electron chi connectivity index (χ3n) is 3.50. The van der Waals surface area contributed by atoms with Crippen LogP contribution in [0.3, 0.4) is 0 Å². The molecule has 0 aliphatic rings. The van der Waals surface area contributed by atoms with Crippen LogP contribution in [0.25, 0.3) is 0 Å². The summed E-state index contributed by atoms with van der Waals surface area (Å²) in [5, 5.41) is 12.8. The summed E-state index contributed by atoms with van der Waals surface area (Å²) in [6.07, 6.45) is -0.0273. The van der Waals surface area contributed by atoms with Crippen LogP contribution in [0.1, 0.15) is 29.0 Å². The first-order chi connectivity index (χ1) is 10.5. The second kappa shape index (κ2) is 7.77. The lowest BCUT2D eigenvalue weighted by Crippen LogP contribution is -2.33. The van der Waals surface area contributed by atoms with E-state index >= 15 is 0 Å². The van der Waals surface area contributed by atoms with E-state index in [1.54, 1.807) is 12.1 Å².